The summed E-state index contributed by atoms with van der Waals surface area (Å²) in [6, 6.07) is 13.7. The standard InChI is InChI=1S/C19H21N7O2.ClH/c20-14(8-11-4-2-1-3-5-11)18(28)23-10-16(27)24-12-6-7-15-13(9-12)17(21)26-19(22)25-15;/h1-7,9,14H,8,10,20H2,(H,23,28)(H,24,27)(H4,21,22,25,26);1H/t14-;/m1./s1. The lowest BCUT2D eigenvalue weighted by Gasteiger charge is -2.13. The van der Waals surface area contributed by atoms with E-state index in [0.717, 1.165) is 5.56 Å². The van der Waals surface area contributed by atoms with Gasteiger partial charge in [0.25, 0.3) is 0 Å². The molecule has 0 fully saturated rings. The molecule has 8 N–H and O–H groups in total. The monoisotopic (exact) mass is 415 g/mol. The molecule has 0 aliphatic heterocycles. The third-order valence-corrected chi connectivity index (χ3v) is 4.08. The molecule has 1 heterocycles. The lowest BCUT2D eigenvalue weighted by molar-refractivity contribution is -0.125. The summed E-state index contributed by atoms with van der Waals surface area (Å²) in [6.07, 6.45) is 0.390. The Hall–Kier alpha value is -3.43. The van der Waals surface area contributed by atoms with Crippen molar-refractivity contribution in [3.63, 3.8) is 0 Å². The quantitative estimate of drug-likeness (QED) is 0.398. The van der Waals surface area contributed by atoms with Crippen molar-refractivity contribution in [1.82, 2.24) is 15.3 Å². The first kappa shape index (κ1) is 21.9. The van der Waals surface area contributed by atoms with Crippen LogP contribution in [0.25, 0.3) is 10.9 Å². The number of fused-ring (bicyclic) bond motifs is 1. The van der Waals surface area contributed by atoms with Crippen LogP contribution >= 0.6 is 12.4 Å². The number of nitrogens with two attached hydrogens (primary N) is 3. The van der Waals surface area contributed by atoms with Crippen molar-refractivity contribution in [1.29, 1.82) is 0 Å². The first-order valence-electron chi connectivity index (χ1n) is 8.62. The SMILES string of the molecule is Cl.Nc1nc(N)c2cc(NC(=O)CNC(=O)[C@H](N)Cc3ccccc3)ccc2n1. The van der Waals surface area contributed by atoms with E-state index in [4.69, 9.17) is 17.2 Å². The lowest BCUT2D eigenvalue weighted by Crippen LogP contribution is -2.44. The Bertz CT molecular complexity index is 1010. The summed E-state index contributed by atoms with van der Waals surface area (Å²) in [6.45, 7) is -0.201. The van der Waals surface area contributed by atoms with Crippen molar-refractivity contribution in [3.05, 3.63) is 54.1 Å². The molecule has 0 bridgehead atoms. The summed E-state index contributed by atoms with van der Waals surface area (Å²) in [4.78, 5) is 32.2. The van der Waals surface area contributed by atoms with Gasteiger partial charge < -0.3 is 27.8 Å². The fraction of sp³-hybridized carbons (Fsp3) is 0.158. The fourth-order valence-corrected chi connectivity index (χ4v) is 2.71. The van der Waals surface area contributed by atoms with Crippen LogP contribution in [-0.4, -0.2) is 34.4 Å². The molecule has 0 saturated carbocycles. The number of carbonyl (C=O) groups excluding carboxylic acids is 2. The minimum Gasteiger partial charge on any atom is -0.383 e. The maximum atomic E-state index is 12.1. The molecule has 0 aliphatic carbocycles. The Morgan fingerprint density at radius 3 is 2.48 bits per heavy atom. The molecule has 2 amide bonds. The molecular weight excluding hydrogens is 394 g/mol. The summed E-state index contributed by atoms with van der Waals surface area (Å²) in [5, 5.41) is 5.79. The van der Waals surface area contributed by atoms with E-state index in [9.17, 15) is 9.59 Å². The highest BCUT2D eigenvalue weighted by atomic mass is 35.5. The highest BCUT2D eigenvalue weighted by molar-refractivity contribution is 5.98. The van der Waals surface area contributed by atoms with Crippen molar-refractivity contribution in [3.8, 4) is 0 Å². The molecule has 1 aromatic heterocycles. The molecule has 0 saturated heterocycles. The van der Waals surface area contributed by atoms with Gasteiger partial charge in [-0.05, 0) is 30.2 Å². The number of halogens is 1. The molecule has 3 aromatic rings. The molecule has 0 spiro atoms. The second kappa shape index (κ2) is 9.67. The summed E-state index contributed by atoms with van der Waals surface area (Å²) in [7, 11) is 0. The number of benzene rings is 2. The van der Waals surface area contributed by atoms with Crippen LogP contribution in [0.15, 0.2) is 48.5 Å². The van der Waals surface area contributed by atoms with Gasteiger partial charge in [-0.25, -0.2) is 4.98 Å². The van der Waals surface area contributed by atoms with Crippen LogP contribution in [0.1, 0.15) is 5.56 Å². The van der Waals surface area contributed by atoms with Gasteiger partial charge in [-0.3, -0.25) is 9.59 Å². The number of hydrogen-bond donors (Lipinski definition) is 5. The lowest BCUT2D eigenvalue weighted by atomic mass is 10.1. The van der Waals surface area contributed by atoms with E-state index in [1.54, 1.807) is 18.2 Å². The van der Waals surface area contributed by atoms with E-state index in [-0.39, 0.29) is 30.7 Å². The van der Waals surface area contributed by atoms with Crippen LogP contribution < -0.4 is 27.8 Å². The molecule has 2 aromatic carbocycles. The first-order chi connectivity index (χ1) is 13.4. The van der Waals surface area contributed by atoms with Gasteiger partial charge in [0, 0.05) is 11.1 Å². The highest BCUT2D eigenvalue weighted by Crippen LogP contribution is 2.22. The molecule has 0 radical (unpaired) electrons. The number of aromatic nitrogens is 2. The predicted molar refractivity (Wildman–Crippen MR) is 115 cm³/mol. The van der Waals surface area contributed by atoms with E-state index in [1.165, 1.54) is 0 Å². The number of anilines is 3. The van der Waals surface area contributed by atoms with Crippen molar-refractivity contribution in [2.45, 2.75) is 12.5 Å². The van der Waals surface area contributed by atoms with Crippen LogP contribution in [0.2, 0.25) is 0 Å². The zero-order valence-corrected chi connectivity index (χ0v) is 16.3. The summed E-state index contributed by atoms with van der Waals surface area (Å²) < 4.78 is 0. The Kier molecular flexibility index (Phi) is 7.29. The fourth-order valence-electron chi connectivity index (χ4n) is 2.71. The molecule has 1 atom stereocenters. The number of rotatable bonds is 6. The smallest absolute Gasteiger partial charge is 0.243 e. The number of nitrogens with zero attached hydrogens (tertiary/aromatic N) is 2. The number of nitrogens with one attached hydrogen (secondary N) is 2. The Labute approximate surface area is 173 Å². The van der Waals surface area contributed by atoms with Gasteiger partial charge in [0.2, 0.25) is 17.8 Å². The molecule has 0 aliphatic rings. The normalized spacial score (nSPS) is 11.3. The van der Waals surface area contributed by atoms with E-state index in [2.05, 4.69) is 20.6 Å². The Balaban J connectivity index is 0.00000300. The van der Waals surface area contributed by atoms with Crippen LogP contribution in [0.3, 0.4) is 0 Å². The first-order valence-corrected chi connectivity index (χ1v) is 8.62. The van der Waals surface area contributed by atoms with Crippen molar-refractivity contribution in [2.24, 2.45) is 5.73 Å². The van der Waals surface area contributed by atoms with Gasteiger partial charge in [-0.2, -0.15) is 4.98 Å². The minimum atomic E-state index is -0.738. The van der Waals surface area contributed by atoms with Crippen LogP contribution in [0.4, 0.5) is 17.5 Å². The Morgan fingerprint density at radius 2 is 1.76 bits per heavy atom. The third kappa shape index (κ3) is 5.77. The molecule has 10 heteroatoms. The van der Waals surface area contributed by atoms with E-state index < -0.39 is 17.9 Å². The molecule has 9 nitrogen and oxygen atoms in total. The van der Waals surface area contributed by atoms with Gasteiger partial charge in [0.1, 0.15) is 5.82 Å². The van der Waals surface area contributed by atoms with Gasteiger partial charge in [0.05, 0.1) is 18.1 Å². The van der Waals surface area contributed by atoms with E-state index in [0.29, 0.717) is 23.0 Å². The summed E-state index contributed by atoms with van der Waals surface area (Å²) in [5.74, 6) is -0.490. The molecule has 29 heavy (non-hydrogen) atoms. The summed E-state index contributed by atoms with van der Waals surface area (Å²) >= 11 is 0. The van der Waals surface area contributed by atoms with Crippen molar-refractivity contribution >= 4 is 52.6 Å². The maximum Gasteiger partial charge on any atom is 0.243 e. The van der Waals surface area contributed by atoms with Crippen molar-refractivity contribution < 1.29 is 9.59 Å². The maximum absolute atomic E-state index is 12.1. The van der Waals surface area contributed by atoms with Crippen LogP contribution in [0, 0.1) is 0 Å². The largest absolute Gasteiger partial charge is 0.383 e. The molecule has 152 valence electrons. The van der Waals surface area contributed by atoms with Gasteiger partial charge >= 0.3 is 0 Å². The average molecular weight is 416 g/mol. The predicted octanol–water partition coefficient (Wildman–Crippen LogP) is 0.841. The summed E-state index contributed by atoms with van der Waals surface area (Å²) in [5.41, 5.74) is 19.3. The topological polar surface area (TPSA) is 162 Å². The van der Waals surface area contributed by atoms with Gasteiger partial charge in [-0.15, -0.1) is 12.4 Å². The second-order valence-electron chi connectivity index (χ2n) is 6.26. The minimum absolute atomic E-state index is 0. The number of nitrogen functional groups attached to an aromatic ring is 2. The highest BCUT2D eigenvalue weighted by Gasteiger charge is 2.15. The third-order valence-electron chi connectivity index (χ3n) is 4.08. The average Bonchev–Trinajstić information content (AvgIpc) is 2.67. The van der Waals surface area contributed by atoms with Gasteiger partial charge in [-0.1, -0.05) is 30.3 Å². The van der Waals surface area contributed by atoms with Crippen LogP contribution in [-0.2, 0) is 16.0 Å². The molecule has 3 rings (SSSR count). The number of hydrogen-bond acceptors (Lipinski definition) is 7. The molecule has 0 unspecified atom stereocenters. The van der Waals surface area contributed by atoms with E-state index in [1.807, 2.05) is 30.3 Å². The van der Waals surface area contributed by atoms with E-state index >= 15 is 0 Å². The van der Waals surface area contributed by atoms with Crippen LogP contribution in [0.5, 0.6) is 0 Å². The zero-order valence-electron chi connectivity index (χ0n) is 15.5. The second-order valence-corrected chi connectivity index (χ2v) is 6.26. The van der Waals surface area contributed by atoms with Gasteiger partial charge in [0.15, 0.2) is 0 Å². The Morgan fingerprint density at radius 1 is 1.03 bits per heavy atom. The molecular formula is C19H22ClN7O2. The number of amides is 2. The number of carbonyl (C=O) groups is 2. The zero-order chi connectivity index (χ0) is 20.1. The van der Waals surface area contributed by atoms with Crippen molar-refractivity contribution in [2.75, 3.05) is 23.3 Å².